The molecule has 3 nitrogen and oxygen atoms in total. The molecule has 0 aliphatic carbocycles. The van der Waals surface area contributed by atoms with Gasteiger partial charge in [0.15, 0.2) is 0 Å². The minimum atomic E-state index is -0.190. The summed E-state index contributed by atoms with van der Waals surface area (Å²) in [5.41, 5.74) is 3.51. The molecule has 0 aliphatic heterocycles. The minimum absolute atomic E-state index is 0.190. The number of aryl methyl sites for hydroxylation is 1. The summed E-state index contributed by atoms with van der Waals surface area (Å²) in [5.74, 6) is 1.40. The van der Waals surface area contributed by atoms with E-state index >= 15 is 0 Å². The number of hydrogen-bond acceptors (Lipinski definition) is 3. The number of aromatic amines is 1. The van der Waals surface area contributed by atoms with Gasteiger partial charge in [0.1, 0.15) is 28.7 Å². The second kappa shape index (κ2) is 7.60. The van der Waals surface area contributed by atoms with Gasteiger partial charge < -0.3 is 4.74 Å². The van der Waals surface area contributed by atoms with Gasteiger partial charge in [-0.25, -0.2) is 14.7 Å². The van der Waals surface area contributed by atoms with Crippen LogP contribution < -0.4 is 15.0 Å². The smallest absolute Gasteiger partial charge is 0.337 e. The van der Waals surface area contributed by atoms with Crippen molar-refractivity contribution in [3.8, 4) is 22.8 Å². The fourth-order valence-corrected chi connectivity index (χ4v) is 3.45. The molecular formula is C22H18FN2OS+. The molecule has 4 aromatic rings. The Morgan fingerprint density at radius 1 is 0.926 bits per heavy atom. The number of benzene rings is 3. The van der Waals surface area contributed by atoms with Crippen LogP contribution in [0.25, 0.3) is 11.3 Å². The molecule has 0 unspecified atom stereocenters. The summed E-state index contributed by atoms with van der Waals surface area (Å²) in [5, 5.41) is 6.27. The van der Waals surface area contributed by atoms with E-state index in [-0.39, 0.29) is 5.82 Å². The van der Waals surface area contributed by atoms with Gasteiger partial charge in [-0.3, -0.25) is 0 Å². The number of hydrogen-bond donors (Lipinski definition) is 1. The molecule has 0 saturated heterocycles. The van der Waals surface area contributed by atoms with Crippen LogP contribution in [0.3, 0.4) is 0 Å². The maximum absolute atomic E-state index is 13.4. The van der Waals surface area contributed by atoms with Gasteiger partial charge in [0.2, 0.25) is 0 Å². The van der Waals surface area contributed by atoms with Crippen LogP contribution in [0.5, 0.6) is 11.5 Å². The topological polar surface area (TPSA) is 35.4 Å². The molecule has 0 radical (unpaired) electrons. The van der Waals surface area contributed by atoms with Crippen molar-refractivity contribution < 1.29 is 14.1 Å². The monoisotopic (exact) mass is 377 g/mol. The van der Waals surface area contributed by atoms with Gasteiger partial charge >= 0.3 is 5.13 Å². The van der Waals surface area contributed by atoms with E-state index in [4.69, 9.17) is 4.74 Å². The summed E-state index contributed by atoms with van der Waals surface area (Å²) < 4.78 is 19.2. The lowest BCUT2D eigenvalue weighted by Crippen LogP contribution is -2.07. The lowest BCUT2D eigenvalue weighted by molar-refractivity contribution is -0.340. The molecule has 134 valence electrons. The molecule has 1 aromatic heterocycles. The summed E-state index contributed by atoms with van der Waals surface area (Å²) in [6, 6.07) is 22.6. The molecule has 0 aliphatic rings. The van der Waals surface area contributed by atoms with Crippen LogP contribution in [0.15, 0.2) is 78.2 Å². The highest BCUT2D eigenvalue weighted by Gasteiger charge is 2.12. The number of aromatic nitrogens is 1. The van der Waals surface area contributed by atoms with Crippen molar-refractivity contribution in [2.45, 2.75) is 6.92 Å². The van der Waals surface area contributed by atoms with Gasteiger partial charge in [-0.05, 0) is 67.1 Å². The van der Waals surface area contributed by atoms with Crippen molar-refractivity contribution in [2.75, 3.05) is 5.32 Å². The molecule has 27 heavy (non-hydrogen) atoms. The van der Waals surface area contributed by atoms with Crippen LogP contribution in [-0.4, -0.2) is 0 Å². The number of thiazole rings is 1. The first kappa shape index (κ1) is 17.2. The fourth-order valence-electron chi connectivity index (χ4n) is 2.67. The van der Waals surface area contributed by atoms with E-state index in [1.807, 2.05) is 66.0 Å². The van der Waals surface area contributed by atoms with Gasteiger partial charge in [0.05, 0.1) is 0 Å². The Morgan fingerprint density at radius 3 is 2.41 bits per heavy atom. The van der Waals surface area contributed by atoms with Crippen molar-refractivity contribution in [1.29, 1.82) is 0 Å². The van der Waals surface area contributed by atoms with E-state index in [9.17, 15) is 4.39 Å². The lowest BCUT2D eigenvalue weighted by atomic mass is 10.1. The first-order valence-electron chi connectivity index (χ1n) is 8.55. The summed E-state index contributed by atoms with van der Waals surface area (Å²) in [6.07, 6.45) is 0. The molecule has 2 N–H and O–H groups in total. The van der Waals surface area contributed by atoms with Crippen molar-refractivity contribution in [1.82, 2.24) is 0 Å². The van der Waals surface area contributed by atoms with E-state index in [2.05, 4.69) is 10.3 Å². The first-order chi connectivity index (χ1) is 13.2. The number of para-hydroxylation sites is 1. The molecule has 0 bridgehead atoms. The molecule has 0 fully saturated rings. The average Bonchev–Trinajstić information content (AvgIpc) is 3.15. The molecular weight excluding hydrogens is 359 g/mol. The van der Waals surface area contributed by atoms with E-state index in [1.54, 1.807) is 24.3 Å². The molecule has 0 amide bonds. The Bertz CT molecular complexity index is 1050. The largest absolute Gasteiger partial charge is 0.457 e. The average molecular weight is 377 g/mol. The van der Waals surface area contributed by atoms with Crippen molar-refractivity contribution in [3.05, 3.63) is 89.6 Å². The third-order valence-electron chi connectivity index (χ3n) is 4.10. The lowest BCUT2D eigenvalue weighted by Gasteiger charge is -2.05. The molecule has 0 spiro atoms. The third kappa shape index (κ3) is 4.15. The fraction of sp³-hybridized carbons (Fsp3) is 0.0455. The van der Waals surface area contributed by atoms with Crippen molar-refractivity contribution in [2.24, 2.45) is 0 Å². The second-order valence-electron chi connectivity index (χ2n) is 6.13. The predicted molar refractivity (Wildman–Crippen MR) is 107 cm³/mol. The third-order valence-corrected chi connectivity index (χ3v) is 4.90. The van der Waals surface area contributed by atoms with Crippen LogP contribution in [0.1, 0.15) is 5.56 Å². The van der Waals surface area contributed by atoms with E-state index < -0.39 is 0 Å². The Morgan fingerprint density at radius 2 is 1.67 bits per heavy atom. The molecule has 5 heteroatoms. The maximum atomic E-state index is 13.4. The van der Waals surface area contributed by atoms with Crippen molar-refractivity contribution in [3.63, 3.8) is 0 Å². The summed E-state index contributed by atoms with van der Waals surface area (Å²) in [4.78, 5) is 3.33. The highest BCUT2D eigenvalue weighted by atomic mass is 32.1. The zero-order valence-electron chi connectivity index (χ0n) is 14.7. The quantitative estimate of drug-likeness (QED) is 0.448. The number of anilines is 2. The van der Waals surface area contributed by atoms with Gasteiger partial charge in [-0.1, -0.05) is 29.5 Å². The van der Waals surface area contributed by atoms with E-state index in [1.165, 1.54) is 6.07 Å². The number of rotatable bonds is 5. The standard InChI is InChI=1S/C22H17FN2OS/c1-15-13-16(7-12-20(15)23)21-14-27-22(25-21)24-17-8-10-19(11-9-17)26-18-5-3-2-4-6-18/h2-14H,1H3,(H,24,25)/p+1. The number of nitrogens with one attached hydrogen (secondary N) is 2. The van der Waals surface area contributed by atoms with Gasteiger partial charge in [-0.2, -0.15) is 0 Å². The van der Waals surface area contributed by atoms with E-state index in [0.29, 0.717) is 5.56 Å². The summed E-state index contributed by atoms with van der Waals surface area (Å²) in [7, 11) is 0. The molecule has 0 atom stereocenters. The summed E-state index contributed by atoms with van der Waals surface area (Å²) in [6.45, 7) is 1.77. The van der Waals surface area contributed by atoms with Crippen molar-refractivity contribution >= 4 is 22.2 Å². The molecule has 0 saturated carbocycles. The highest BCUT2D eigenvalue weighted by Crippen LogP contribution is 2.27. The van der Waals surface area contributed by atoms with Gasteiger partial charge in [-0.15, -0.1) is 0 Å². The predicted octanol–water partition coefficient (Wildman–Crippen LogP) is 6.21. The Hall–Kier alpha value is -3.18. The van der Waals surface area contributed by atoms with E-state index in [0.717, 1.165) is 33.6 Å². The zero-order chi connectivity index (χ0) is 18.6. The van der Waals surface area contributed by atoms with Crippen LogP contribution in [0, 0.1) is 12.7 Å². The highest BCUT2D eigenvalue weighted by molar-refractivity contribution is 7.13. The molecule has 3 aromatic carbocycles. The normalized spacial score (nSPS) is 10.6. The Kier molecular flexibility index (Phi) is 4.85. The number of ether oxygens (including phenoxy) is 1. The first-order valence-corrected chi connectivity index (χ1v) is 9.43. The second-order valence-corrected chi connectivity index (χ2v) is 7.01. The number of halogens is 1. The van der Waals surface area contributed by atoms with Crippen LogP contribution >= 0.6 is 11.3 Å². The van der Waals surface area contributed by atoms with Crippen LogP contribution in [0.4, 0.5) is 15.2 Å². The van der Waals surface area contributed by atoms with Gasteiger partial charge in [0.25, 0.3) is 0 Å². The van der Waals surface area contributed by atoms with Gasteiger partial charge in [0, 0.05) is 10.9 Å². The molecule has 1 heterocycles. The maximum Gasteiger partial charge on any atom is 0.337 e. The molecule has 4 rings (SSSR count). The van der Waals surface area contributed by atoms with Crippen LogP contribution in [-0.2, 0) is 0 Å². The Labute approximate surface area is 161 Å². The zero-order valence-corrected chi connectivity index (χ0v) is 15.5. The van der Waals surface area contributed by atoms with Crippen LogP contribution in [0.2, 0.25) is 0 Å². The number of H-pyrrole nitrogens is 1. The SMILES string of the molecule is Cc1cc(-c2csc(Nc3ccc(Oc4ccccc4)cc3)[nH+]2)ccc1F. The minimum Gasteiger partial charge on any atom is -0.457 e. The Balaban J connectivity index is 1.45. The summed E-state index contributed by atoms with van der Waals surface area (Å²) >= 11 is 1.56.